The highest BCUT2D eigenvalue weighted by atomic mass is 15.2. The van der Waals surface area contributed by atoms with Crippen molar-refractivity contribution in [3.63, 3.8) is 0 Å². The highest BCUT2D eigenvalue weighted by molar-refractivity contribution is 5.24. The molecule has 2 heteroatoms. The predicted octanol–water partition coefficient (Wildman–Crippen LogP) is 2.87. The third-order valence-corrected chi connectivity index (χ3v) is 4.03. The van der Waals surface area contributed by atoms with Gasteiger partial charge in [-0.1, -0.05) is 29.8 Å². The van der Waals surface area contributed by atoms with Crippen LogP contribution in [-0.2, 0) is 0 Å². The van der Waals surface area contributed by atoms with Gasteiger partial charge in [0.05, 0.1) is 0 Å². The maximum Gasteiger partial charge on any atom is 0.0322 e. The van der Waals surface area contributed by atoms with Crippen molar-refractivity contribution < 1.29 is 0 Å². The second-order valence-electron chi connectivity index (χ2n) is 5.46. The maximum absolute atomic E-state index is 6.02. The molecule has 1 aromatic carbocycles. The molecule has 2 N–H and O–H groups in total. The number of nitrogens with zero attached hydrogens (tertiary/aromatic N) is 1. The minimum atomic E-state index is 0.395. The van der Waals surface area contributed by atoms with Gasteiger partial charge in [-0.05, 0) is 39.2 Å². The summed E-state index contributed by atoms with van der Waals surface area (Å²) in [5.41, 5.74) is 8.76. The van der Waals surface area contributed by atoms with Crippen LogP contribution in [-0.4, -0.2) is 23.5 Å². The molecule has 17 heavy (non-hydrogen) atoms. The fourth-order valence-electron chi connectivity index (χ4n) is 2.84. The first-order chi connectivity index (χ1) is 8.08. The summed E-state index contributed by atoms with van der Waals surface area (Å²) in [6.07, 6.45) is 2.25. The Hall–Kier alpha value is -0.860. The zero-order valence-electron chi connectivity index (χ0n) is 11.2. The van der Waals surface area contributed by atoms with E-state index in [4.69, 9.17) is 5.73 Å². The van der Waals surface area contributed by atoms with Crippen LogP contribution in [0, 0.1) is 6.92 Å². The van der Waals surface area contributed by atoms with Crippen LogP contribution in [0.5, 0.6) is 0 Å². The molecule has 1 aromatic rings. The molecule has 94 valence electrons. The minimum absolute atomic E-state index is 0.395. The Morgan fingerprint density at radius 2 is 1.94 bits per heavy atom. The summed E-state index contributed by atoms with van der Waals surface area (Å²) in [6.45, 7) is 7.86. The summed E-state index contributed by atoms with van der Waals surface area (Å²) < 4.78 is 0. The molecule has 0 amide bonds. The number of rotatable bonds is 2. The van der Waals surface area contributed by atoms with E-state index >= 15 is 0 Å². The quantitative estimate of drug-likeness (QED) is 0.849. The molecule has 1 saturated heterocycles. The van der Waals surface area contributed by atoms with Crippen molar-refractivity contribution in [2.75, 3.05) is 6.54 Å². The predicted molar refractivity (Wildman–Crippen MR) is 73.0 cm³/mol. The van der Waals surface area contributed by atoms with Gasteiger partial charge in [0.2, 0.25) is 0 Å². The molecular formula is C15H24N2. The molecule has 3 atom stereocenters. The van der Waals surface area contributed by atoms with Crippen LogP contribution in [0.2, 0.25) is 0 Å². The summed E-state index contributed by atoms with van der Waals surface area (Å²) in [6, 6.07) is 10.4. The third-order valence-electron chi connectivity index (χ3n) is 4.03. The standard InChI is InChI=1S/C15H24N2/c1-11-4-6-14(7-5-11)13(3)17-9-8-15(16)10-12(17)2/h4-7,12-13,15H,8-10,16H2,1-3H3. The summed E-state index contributed by atoms with van der Waals surface area (Å²) in [5.74, 6) is 0. The average Bonchev–Trinajstić information content (AvgIpc) is 2.29. The van der Waals surface area contributed by atoms with Crippen molar-refractivity contribution in [1.29, 1.82) is 0 Å². The van der Waals surface area contributed by atoms with E-state index in [1.807, 2.05) is 0 Å². The summed E-state index contributed by atoms with van der Waals surface area (Å²) >= 11 is 0. The molecule has 2 rings (SSSR count). The van der Waals surface area contributed by atoms with E-state index in [1.165, 1.54) is 11.1 Å². The highest BCUT2D eigenvalue weighted by Crippen LogP contribution is 2.27. The van der Waals surface area contributed by atoms with Gasteiger partial charge < -0.3 is 5.73 Å². The number of hydrogen-bond acceptors (Lipinski definition) is 2. The fourth-order valence-corrected chi connectivity index (χ4v) is 2.84. The first-order valence-electron chi connectivity index (χ1n) is 6.66. The molecule has 0 aliphatic carbocycles. The SMILES string of the molecule is Cc1ccc(C(C)N2CCC(N)CC2C)cc1. The Balaban J connectivity index is 2.09. The van der Waals surface area contributed by atoms with E-state index in [0.29, 0.717) is 18.1 Å². The zero-order valence-corrected chi connectivity index (χ0v) is 11.2. The van der Waals surface area contributed by atoms with Crippen LogP contribution >= 0.6 is 0 Å². The van der Waals surface area contributed by atoms with E-state index in [-0.39, 0.29) is 0 Å². The number of likely N-dealkylation sites (tertiary alicyclic amines) is 1. The van der Waals surface area contributed by atoms with Gasteiger partial charge in [0.15, 0.2) is 0 Å². The molecule has 0 saturated carbocycles. The molecule has 0 radical (unpaired) electrons. The first kappa shape index (κ1) is 12.6. The molecule has 1 fully saturated rings. The Bertz CT molecular complexity index is 358. The molecule has 1 aliphatic rings. The van der Waals surface area contributed by atoms with Gasteiger partial charge in [0, 0.05) is 24.7 Å². The van der Waals surface area contributed by atoms with Crippen molar-refractivity contribution in [3.8, 4) is 0 Å². The van der Waals surface area contributed by atoms with Crippen LogP contribution in [0.15, 0.2) is 24.3 Å². The number of benzene rings is 1. The van der Waals surface area contributed by atoms with Gasteiger partial charge >= 0.3 is 0 Å². The van der Waals surface area contributed by atoms with Crippen LogP contribution in [0.1, 0.15) is 43.9 Å². The number of hydrogen-bond donors (Lipinski definition) is 1. The van der Waals surface area contributed by atoms with Gasteiger partial charge in [-0.15, -0.1) is 0 Å². The van der Waals surface area contributed by atoms with E-state index in [1.54, 1.807) is 0 Å². The van der Waals surface area contributed by atoms with Crippen molar-refractivity contribution in [1.82, 2.24) is 4.90 Å². The lowest BCUT2D eigenvalue weighted by Gasteiger charge is -2.40. The third kappa shape index (κ3) is 2.88. The van der Waals surface area contributed by atoms with Crippen molar-refractivity contribution in [2.45, 2.75) is 51.7 Å². The monoisotopic (exact) mass is 232 g/mol. The van der Waals surface area contributed by atoms with Crippen LogP contribution in [0.3, 0.4) is 0 Å². The lowest BCUT2D eigenvalue weighted by Crippen LogP contribution is -2.46. The number of nitrogens with two attached hydrogens (primary N) is 1. The molecular weight excluding hydrogens is 208 g/mol. The molecule has 0 bridgehead atoms. The van der Waals surface area contributed by atoms with Crippen LogP contribution < -0.4 is 5.73 Å². The van der Waals surface area contributed by atoms with E-state index in [2.05, 4.69) is 49.9 Å². The summed E-state index contributed by atoms with van der Waals surface area (Å²) in [4.78, 5) is 2.58. The Labute approximate surface area is 105 Å². The summed E-state index contributed by atoms with van der Waals surface area (Å²) in [7, 11) is 0. The van der Waals surface area contributed by atoms with Gasteiger partial charge in [-0.2, -0.15) is 0 Å². The molecule has 2 nitrogen and oxygen atoms in total. The van der Waals surface area contributed by atoms with Gasteiger partial charge in [-0.3, -0.25) is 4.90 Å². The van der Waals surface area contributed by atoms with Gasteiger partial charge in [0.1, 0.15) is 0 Å². The lowest BCUT2D eigenvalue weighted by atomic mass is 9.95. The van der Waals surface area contributed by atoms with Gasteiger partial charge in [0.25, 0.3) is 0 Å². The fraction of sp³-hybridized carbons (Fsp3) is 0.600. The van der Waals surface area contributed by atoms with Crippen molar-refractivity contribution in [2.24, 2.45) is 5.73 Å². The van der Waals surface area contributed by atoms with Crippen molar-refractivity contribution >= 4 is 0 Å². The smallest absolute Gasteiger partial charge is 0.0322 e. The molecule has 1 heterocycles. The topological polar surface area (TPSA) is 29.3 Å². The largest absolute Gasteiger partial charge is 0.328 e. The number of aryl methyl sites for hydroxylation is 1. The maximum atomic E-state index is 6.02. The van der Waals surface area contributed by atoms with Gasteiger partial charge in [-0.25, -0.2) is 0 Å². The molecule has 1 aliphatic heterocycles. The van der Waals surface area contributed by atoms with Crippen LogP contribution in [0.4, 0.5) is 0 Å². The Morgan fingerprint density at radius 1 is 1.29 bits per heavy atom. The van der Waals surface area contributed by atoms with Crippen LogP contribution in [0.25, 0.3) is 0 Å². The van der Waals surface area contributed by atoms with E-state index in [0.717, 1.165) is 19.4 Å². The highest BCUT2D eigenvalue weighted by Gasteiger charge is 2.27. The second kappa shape index (κ2) is 5.19. The average molecular weight is 232 g/mol. The number of piperidine rings is 1. The zero-order chi connectivity index (χ0) is 12.4. The van der Waals surface area contributed by atoms with E-state index < -0.39 is 0 Å². The Morgan fingerprint density at radius 3 is 2.53 bits per heavy atom. The minimum Gasteiger partial charge on any atom is -0.328 e. The lowest BCUT2D eigenvalue weighted by molar-refractivity contribution is 0.104. The normalized spacial score (nSPS) is 28.0. The first-order valence-corrected chi connectivity index (χ1v) is 6.66. The molecule has 0 aromatic heterocycles. The molecule has 3 unspecified atom stereocenters. The van der Waals surface area contributed by atoms with E-state index in [9.17, 15) is 0 Å². The summed E-state index contributed by atoms with van der Waals surface area (Å²) in [5, 5.41) is 0. The second-order valence-corrected chi connectivity index (χ2v) is 5.46. The Kier molecular flexibility index (Phi) is 3.85. The van der Waals surface area contributed by atoms with Crippen molar-refractivity contribution in [3.05, 3.63) is 35.4 Å². The molecule has 0 spiro atoms.